The van der Waals surface area contributed by atoms with Crippen molar-refractivity contribution < 1.29 is 14.4 Å². The molecule has 0 radical (unpaired) electrons. The number of aromatic hydroxyl groups is 1. The van der Waals surface area contributed by atoms with Crippen LogP contribution in [0.3, 0.4) is 0 Å². The molecule has 0 saturated carbocycles. The lowest BCUT2D eigenvalue weighted by atomic mass is 10.1. The topological polar surface area (TPSA) is 117 Å². The quantitative estimate of drug-likeness (QED) is 0.625. The van der Waals surface area contributed by atoms with Crippen molar-refractivity contribution in [3.63, 3.8) is 0 Å². The van der Waals surface area contributed by atoms with E-state index in [1.807, 2.05) is 6.26 Å². The minimum Gasteiger partial charge on any atom is -0.508 e. The number of aromatic nitrogens is 4. The molecule has 3 rings (SSSR count). The maximum atomic E-state index is 12.1. The molecule has 0 saturated heterocycles. The van der Waals surface area contributed by atoms with Crippen LogP contribution >= 0.6 is 11.8 Å². The van der Waals surface area contributed by atoms with Crippen molar-refractivity contribution in [3.05, 3.63) is 47.7 Å². The Morgan fingerprint density at radius 2 is 2.17 bits per heavy atom. The van der Waals surface area contributed by atoms with Gasteiger partial charge >= 0.3 is 0 Å². The molecule has 0 bridgehead atoms. The third kappa shape index (κ3) is 3.74. The van der Waals surface area contributed by atoms with E-state index in [-0.39, 0.29) is 18.2 Å². The smallest absolute Gasteiger partial charge is 0.269 e. The number of thioether (sulfide) groups is 1. The van der Waals surface area contributed by atoms with Gasteiger partial charge in [0.15, 0.2) is 5.82 Å². The fourth-order valence-electron chi connectivity index (χ4n) is 2.02. The Hall–Kier alpha value is -2.81. The van der Waals surface area contributed by atoms with Gasteiger partial charge in [-0.3, -0.25) is 9.89 Å². The second-order valence-corrected chi connectivity index (χ2v) is 5.80. The minimum absolute atomic E-state index is 0.147. The Bertz CT molecular complexity index is 828. The van der Waals surface area contributed by atoms with Gasteiger partial charge in [-0.1, -0.05) is 5.16 Å². The second-order valence-electron chi connectivity index (χ2n) is 4.93. The summed E-state index contributed by atoms with van der Waals surface area (Å²) in [6.45, 7) is 0.147. The number of nitrogens with one attached hydrogen (secondary N) is 2. The first-order valence-corrected chi connectivity index (χ1v) is 8.48. The highest BCUT2D eigenvalue weighted by atomic mass is 32.2. The van der Waals surface area contributed by atoms with Crippen LogP contribution in [0.5, 0.6) is 5.75 Å². The molecule has 24 heavy (non-hydrogen) atoms. The number of phenols is 1. The number of H-pyrrole nitrogens is 1. The third-order valence-corrected chi connectivity index (χ3v) is 3.72. The van der Waals surface area contributed by atoms with Gasteiger partial charge < -0.3 is 14.9 Å². The molecule has 1 aromatic carbocycles. The maximum absolute atomic E-state index is 12.1. The number of nitrogens with zero attached hydrogens (tertiary/aromatic N) is 3. The van der Waals surface area contributed by atoms with Gasteiger partial charge in [0.05, 0.1) is 18.0 Å². The van der Waals surface area contributed by atoms with E-state index in [1.54, 1.807) is 42.1 Å². The SMILES string of the molecule is CSCc1noc(CNC(=O)c2cc(-c3ccc(O)cc3)n[nH]2)n1. The monoisotopic (exact) mass is 345 g/mol. The number of hydrogen-bond acceptors (Lipinski definition) is 7. The number of phenolic OH excluding ortho intramolecular Hbond substituents is 1. The summed E-state index contributed by atoms with van der Waals surface area (Å²) in [5, 5.41) is 22.6. The van der Waals surface area contributed by atoms with Crippen LogP contribution in [-0.4, -0.2) is 37.6 Å². The summed E-state index contributed by atoms with van der Waals surface area (Å²) in [7, 11) is 0. The first-order valence-electron chi connectivity index (χ1n) is 7.09. The van der Waals surface area contributed by atoms with E-state index >= 15 is 0 Å². The lowest BCUT2D eigenvalue weighted by Gasteiger charge is -1.98. The van der Waals surface area contributed by atoms with Gasteiger partial charge in [0.2, 0.25) is 5.89 Å². The van der Waals surface area contributed by atoms with E-state index < -0.39 is 0 Å². The van der Waals surface area contributed by atoms with Crippen molar-refractivity contribution >= 4 is 17.7 Å². The van der Waals surface area contributed by atoms with Crippen LogP contribution in [0, 0.1) is 0 Å². The van der Waals surface area contributed by atoms with Crippen molar-refractivity contribution in [2.45, 2.75) is 12.3 Å². The molecule has 0 unspecified atom stereocenters. The Balaban J connectivity index is 1.62. The summed E-state index contributed by atoms with van der Waals surface area (Å²) in [6, 6.07) is 8.20. The van der Waals surface area contributed by atoms with Gasteiger partial charge in [-0.25, -0.2) is 0 Å². The van der Waals surface area contributed by atoms with E-state index in [2.05, 4.69) is 25.7 Å². The highest BCUT2D eigenvalue weighted by Gasteiger charge is 2.13. The second kappa shape index (κ2) is 7.18. The molecular weight excluding hydrogens is 330 g/mol. The number of carbonyl (C=O) groups excluding carboxylic acids is 1. The normalized spacial score (nSPS) is 10.7. The number of aromatic amines is 1. The van der Waals surface area contributed by atoms with Crippen LogP contribution in [-0.2, 0) is 12.3 Å². The molecular formula is C15H15N5O3S. The molecule has 0 atom stereocenters. The Labute approximate surface area is 141 Å². The molecule has 124 valence electrons. The highest BCUT2D eigenvalue weighted by Crippen LogP contribution is 2.20. The molecule has 2 heterocycles. The summed E-state index contributed by atoms with van der Waals surface area (Å²) in [4.78, 5) is 16.3. The molecule has 0 aliphatic rings. The van der Waals surface area contributed by atoms with Crippen LogP contribution in [0.1, 0.15) is 22.2 Å². The largest absolute Gasteiger partial charge is 0.508 e. The lowest BCUT2D eigenvalue weighted by molar-refractivity contribution is 0.0941. The van der Waals surface area contributed by atoms with Crippen LogP contribution in [0.15, 0.2) is 34.9 Å². The van der Waals surface area contributed by atoms with Gasteiger partial charge in [-0.2, -0.15) is 21.8 Å². The number of rotatable bonds is 6. The molecule has 2 aromatic heterocycles. The van der Waals surface area contributed by atoms with Crippen molar-refractivity contribution in [1.82, 2.24) is 25.7 Å². The average molecular weight is 345 g/mol. The van der Waals surface area contributed by atoms with Gasteiger partial charge in [0.1, 0.15) is 11.4 Å². The van der Waals surface area contributed by atoms with Gasteiger partial charge in [-0.05, 0) is 36.6 Å². The van der Waals surface area contributed by atoms with E-state index in [1.165, 1.54) is 0 Å². The fraction of sp³-hybridized carbons (Fsp3) is 0.200. The predicted octanol–water partition coefficient (Wildman–Crippen LogP) is 1.96. The molecule has 1 amide bonds. The molecule has 0 aliphatic heterocycles. The molecule has 8 nitrogen and oxygen atoms in total. The third-order valence-electron chi connectivity index (χ3n) is 3.17. The molecule has 0 spiro atoms. The Morgan fingerprint density at radius 3 is 2.92 bits per heavy atom. The maximum Gasteiger partial charge on any atom is 0.269 e. The van der Waals surface area contributed by atoms with E-state index in [0.717, 1.165) is 5.56 Å². The van der Waals surface area contributed by atoms with Crippen molar-refractivity contribution in [2.24, 2.45) is 0 Å². The predicted molar refractivity (Wildman–Crippen MR) is 88.4 cm³/mol. The highest BCUT2D eigenvalue weighted by molar-refractivity contribution is 7.97. The van der Waals surface area contributed by atoms with Crippen LogP contribution < -0.4 is 5.32 Å². The number of carbonyl (C=O) groups is 1. The van der Waals surface area contributed by atoms with E-state index in [0.29, 0.717) is 28.9 Å². The number of hydrogen-bond donors (Lipinski definition) is 3. The summed E-state index contributed by atoms with van der Waals surface area (Å²) in [5.41, 5.74) is 1.73. The zero-order chi connectivity index (χ0) is 16.9. The van der Waals surface area contributed by atoms with Crippen LogP contribution in [0.25, 0.3) is 11.3 Å². The van der Waals surface area contributed by atoms with Crippen molar-refractivity contribution in [2.75, 3.05) is 6.26 Å². The summed E-state index contributed by atoms with van der Waals surface area (Å²) >= 11 is 1.59. The summed E-state index contributed by atoms with van der Waals surface area (Å²) in [5.74, 6) is 1.46. The lowest BCUT2D eigenvalue weighted by Crippen LogP contribution is -2.23. The fourth-order valence-corrected chi connectivity index (χ4v) is 2.39. The summed E-state index contributed by atoms with van der Waals surface area (Å²) in [6.07, 6.45) is 1.95. The van der Waals surface area contributed by atoms with E-state index in [9.17, 15) is 9.90 Å². The Kier molecular flexibility index (Phi) is 4.80. The number of amides is 1. The zero-order valence-corrected chi connectivity index (χ0v) is 13.6. The standard InChI is InChI=1S/C15H15N5O3S/c1-24-8-13-17-14(23-20-13)7-16-15(22)12-6-11(18-19-12)9-2-4-10(21)5-3-9/h2-6,21H,7-8H2,1H3,(H,16,22)(H,18,19). The molecule has 0 fully saturated rings. The molecule has 0 aliphatic carbocycles. The van der Waals surface area contributed by atoms with Crippen LogP contribution in [0.2, 0.25) is 0 Å². The van der Waals surface area contributed by atoms with Gasteiger partial charge in [-0.15, -0.1) is 0 Å². The summed E-state index contributed by atoms with van der Waals surface area (Å²) < 4.78 is 5.05. The van der Waals surface area contributed by atoms with Crippen molar-refractivity contribution in [3.8, 4) is 17.0 Å². The van der Waals surface area contributed by atoms with Crippen molar-refractivity contribution in [1.29, 1.82) is 0 Å². The Morgan fingerprint density at radius 1 is 1.38 bits per heavy atom. The number of benzene rings is 1. The molecule has 9 heteroatoms. The van der Waals surface area contributed by atoms with Gasteiger partial charge in [0, 0.05) is 5.56 Å². The molecule has 3 N–H and O–H groups in total. The first kappa shape index (κ1) is 16.1. The van der Waals surface area contributed by atoms with Gasteiger partial charge in [0.25, 0.3) is 5.91 Å². The average Bonchev–Trinajstić information content (AvgIpc) is 3.23. The first-order chi connectivity index (χ1) is 11.7. The molecule has 3 aromatic rings. The van der Waals surface area contributed by atoms with E-state index in [4.69, 9.17) is 4.52 Å². The minimum atomic E-state index is -0.322. The van der Waals surface area contributed by atoms with Crippen LogP contribution in [0.4, 0.5) is 0 Å². The zero-order valence-electron chi connectivity index (χ0n) is 12.8.